The molecule has 0 radical (unpaired) electrons. The van der Waals surface area contributed by atoms with E-state index >= 15 is 0 Å². The van der Waals surface area contributed by atoms with Crippen LogP contribution in [0.25, 0.3) is 5.65 Å². The van der Waals surface area contributed by atoms with Crippen LogP contribution in [0.15, 0.2) is 36.4 Å². The van der Waals surface area contributed by atoms with Crippen molar-refractivity contribution in [3.8, 4) is 11.8 Å². The first-order valence-electron chi connectivity index (χ1n) is 14.1. The molecule has 1 aromatic carbocycles. The second kappa shape index (κ2) is 11.8. The topological polar surface area (TPSA) is 88.3 Å². The highest BCUT2D eigenvalue weighted by atomic mass is 16.5. The van der Waals surface area contributed by atoms with Crippen LogP contribution >= 0.6 is 0 Å². The number of carbonyl (C=O) groups excluding carboxylic acids is 1. The summed E-state index contributed by atoms with van der Waals surface area (Å²) in [5, 5.41) is 12.8. The van der Waals surface area contributed by atoms with E-state index in [1.54, 1.807) is 11.6 Å². The Kier molecular flexibility index (Phi) is 8.20. The molecule has 2 saturated heterocycles. The number of fused-ring (bicyclic) bond motifs is 1. The predicted octanol–water partition coefficient (Wildman–Crippen LogP) is 3.47. The summed E-state index contributed by atoms with van der Waals surface area (Å²) < 4.78 is 13.0. The number of ether oxygens (including phenoxy) is 2. The molecule has 39 heavy (non-hydrogen) atoms. The number of rotatable bonds is 8. The number of benzene rings is 1. The van der Waals surface area contributed by atoms with Crippen molar-refractivity contribution in [2.24, 2.45) is 5.92 Å². The summed E-state index contributed by atoms with van der Waals surface area (Å²) in [7, 11) is 1.58. The molecule has 0 bridgehead atoms. The molecule has 0 N–H and O–H groups in total. The Balaban J connectivity index is 1.09. The van der Waals surface area contributed by atoms with Crippen molar-refractivity contribution < 1.29 is 14.3 Å². The molecule has 1 amide bonds. The van der Waals surface area contributed by atoms with Crippen molar-refractivity contribution in [1.29, 1.82) is 0 Å². The van der Waals surface area contributed by atoms with Gasteiger partial charge in [0.05, 0.1) is 7.11 Å². The third-order valence-corrected chi connectivity index (χ3v) is 8.10. The Bertz CT molecular complexity index is 1240. The Hall–Kier alpha value is -3.40. The minimum Gasteiger partial charge on any atom is -0.492 e. The molecule has 3 aromatic rings. The zero-order chi connectivity index (χ0) is 27.5. The minimum absolute atomic E-state index is 0.0482. The highest BCUT2D eigenvalue weighted by Gasteiger charge is 2.32. The first-order chi connectivity index (χ1) is 18.8. The molecule has 2 fully saturated rings. The van der Waals surface area contributed by atoms with Crippen molar-refractivity contribution >= 4 is 17.4 Å². The number of aromatic nitrogens is 4. The van der Waals surface area contributed by atoms with Crippen molar-refractivity contribution in [1.82, 2.24) is 29.6 Å². The third kappa shape index (κ3) is 5.95. The zero-order valence-corrected chi connectivity index (χ0v) is 23.8. The number of piperidine rings is 1. The monoisotopic (exact) mass is 535 g/mol. The van der Waals surface area contributed by atoms with Crippen molar-refractivity contribution in [3.63, 3.8) is 0 Å². The minimum atomic E-state index is 0.0482. The number of anilines is 1. The maximum atomic E-state index is 12.4. The van der Waals surface area contributed by atoms with Crippen LogP contribution in [0.1, 0.15) is 52.0 Å². The number of carbonyl (C=O) groups is 1. The normalized spacial score (nSPS) is 21.1. The van der Waals surface area contributed by atoms with Gasteiger partial charge in [-0.3, -0.25) is 9.69 Å². The van der Waals surface area contributed by atoms with Gasteiger partial charge in [-0.2, -0.15) is 4.52 Å². The van der Waals surface area contributed by atoms with E-state index in [1.165, 1.54) is 5.56 Å². The quantitative estimate of drug-likeness (QED) is 0.433. The molecule has 2 aromatic heterocycles. The molecule has 2 aliphatic heterocycles. The Labute approximate surface area is 230 Å². The fourth-order valence-electron chi connectivity index (χ4n) is 5.94. The number of hydrogen-bond acceptors (Lipinski definition) is 8. The fourth-order valence-corrected chi connectivity index (χ4v) is 5.94. The molecule has 10 heteroatoms. The second-order valence-corrected chi connectivity index (χ2v) is 11.2. The van der Waals surface area contributed by atoms with Crippen LogP contribution in [0, 0.1) is 5.92 Å². The van der Waals surface area contributed by atoms with Gasteiger partial charge >= 0.3 is 6.01 Å². The molecule has 4 heterocycles. The van der Waals surface area contributed by atoms with E-state index in [0.717, 1.165) is 57.1 Å². The standard InChI is InChI=1S/C29H41N7O3/c1-20(2)28(37)34-18-21(3)35(22(4)19-34)16-17-39-25-8-6-23(7-9-25)24-12-14-33(15-13-24)27-11-10-26-30-31-29(38-5)36(26)32-27/h6-11,20-22,24H,12-19H2,1-5H3. The van der Waals surface area contributed by atoms with Gasteiger partial charge in [-0.05, 0) is 62.4 Å². The summed E-state index contributed by atoms with van der Waals surface area (Å²) in [4.78, 5) is 19.2. The second-order valence-electron chi connectivity index (χ2n) is 11.2. The molecular formula is C29H41N7O3. The Morgan fingerprint density at radius 1 is 1.00 bits per heavy atom. The van der Waals surface area contributed by atoms with Gasteiger partial charge in [0.25, 0.3) is 0 Å². The molecular weight excluding hydrogens is 494 g/mol. The van der Waals surface area contributed by atoms with Gasteiger partial charge in [0.1, 0.15) is 18.2 Å². The van der Waals surface area contributed by atoms with Crippen molar-refractivity contribution in [2.75, 3.05) is 51.3 Å². The Morgan fingerprint density at radius 3 is 2.33 bits per heavy atom. The highest BCUT2D eigenvalue weighted by Crippen LogP contribution is 2.31. The summed E-state index contributed by atoms with van der Waals surface area (Å²) in [5.41, 5.74) is 2.04. The maximum Gasteiger partial charge on any atom is 0.338 e. The smallest absolute Gasteiger partial charge is 0.338 e. The molecule has 0 aliphatic carbocycles. The lowest BCUT2D eigenvalue weighted by Crippen LogP contribution is -2.59. The molecule has 5 rings (SSSR count). The number of methoxy groups -OCH3 is 1. The summed E-state index contributed by atoms with van der Waals surface area (Å²) in [5.74, 6) is 2.65. The lowest BCUT2D eigenvalue weighted by atomic mass is 9.89. The van der Waals surface area contributed by atoms with Crippen molar-refractivity contribution in [2.45, 2.75) is 58.5 Å². The molecule has 210 valence electrons. The van der Waals surface area contributed by atoms with E-state index in [0.29, 0.717) is 36.3 Å². The lowest BCUT2D eigenvalue weighted by Gasteiger charge is -2.44. The van der Waals surface area contributed by atoms with Crippen molar-refractivity contribution in [3.05, 3.63) is 42.0 Å². The summed E-state index contributed by atoms with van der Waals surface area (Å²) >= 11 is 0. The lowest BCUT2D eigenvalue weighted by molar-refractivity contribution is -0.139. The third-order valence-electron chi connectivity index (χ3n) is 8.10. The maximum absolute atomic E-state index is 12.4. The number of amides is 1. The SMILES string of the molecule is COc1nnc2ccc(N3CCC(c4ccc(OCCN5C(C)CN(C(=O)C(C)C)CC5C)cc4)CC3)nn12. The van der Waals surface area contributed by atoms with E-state index in [4.69, 9.17) is 9.47 Å². The molecule has 0 saturated carbocycles. The van der Waals surface area contributed by atoms with Crippen LogP contribution in [0.5, 0.6) is 11.8 Å². The highest BCUT2D eigenvalue weighted by molar-refractivity contribution is 5.78. The molecule has 10 nitrogen and oxygen atoms in total. The van der Waals surface area contributed by atoms with E-state index in [-0.39, 0.29) is 11.8 Å². The summed E-state index contributed by atoms with van der Waals surface area (Å²) in [6.45, 7) is 13.3. The van der Waals surface area contributed by atoms with Gasteiger partial charge in [0, 0.05) is 50.7 Å². The number of hydrogen-bond donors (Lipinski definition) is 0. The number of nitrogens with zero attached hydrogens (tertiary/aromatic N) is 7. The van der Waals surface area contributed by atoms with E-state index < -0.39 is 0 Å². The van der Waals surface area contributed by atoms with Gasteiger partial charge in [0.15, 0.2) is 5.65 Å². The van der Waals surface area contributed by atoms with Gasteiger partial charge in [-0.25, -0.2) is 0 Å². The first-order valence-corrected chi connectivity index (χ1v) is 14.1. The van der Waals surface area contributed by atoms with Crippen LogP contribution in [-0.4, -0.2) is 94.0 Å². The zero-order valence-electron chi connectivity index (χ0n) is 23.8. The summed E-state index contributed by atoms with van der Waals surface area (Å²) in [6.07, 6.45) is 2.14. The van der Waals surface area contributed by atoms with E-state index in [2.05, 4.69) is 63.2 Å². The number of piperazine rings is 1. The Morgan fingerprint density at radius 2 is 1.69 bits per heavy atom. The fraction of sp³-hybridized carbons (Fsp3) is 0.586. The van der Waals surface area contributed by atoms with Crippen LogP contribution < -0.4 is 14.4 Å². The average Bonchev–Trinajstić information content (AvgIpc) is 3.37. The van der Waals surface area contributed by atoms with Gasteiger partial charge < -0.3 is 19.3 Å². The van der Waals surface area contributed by atoms with Gasteiger partial charge in [0.2, 0.25) is 5.91 Å². The van der Waals surface area contributed by atoms with Crippen LogP contribution in [0.3, 0.4) is 0 Å². The van der Waals surface area contributed by atoms with Crippen LogP contribution in [0.2, 0.25) is 0 Å². The van der Waals surface area contributed by atoms with Crippen LogP contribution in [-0.2, 0) is 4.79 Å². The molecule has 2 unspecified atom stereocenters. The largest absolute Gasteiger partial charge is 0.492 e. The summed E-state index contributed by atoms with van der Waals surface area (Å²) in [6, 6.07) is 13.6. The van der Waals surface area contributed by atoms with Gasteiger partial charge in [-0.15, -0.1) is 10.2 Å². The predicted molar refractivity (Wildman–Crippen MR) is 151 cm³/mol. The van der Waals surface area contributed by atoms with E-state index in [1.807, 2.05) is 30.9 Å². The first kappa shape index (κ1) is 27.2. The van der Waals surface area contributed by atoms with Gasteiger partial charge in [-0.1, -0.05) is 31.1 Å². The molecule has 2 aliphatic rings. The van der Waals surface area contributed by atoms with E-state index in [9.17, 15) is 4.79 Å². The molecule has 0 spiro atoms. The molecule has 2 atom stereocenters. The van der Waals surface area contributed by atoms with Crippen LogP contribution in [0.4, 0.5) is 5.82 Å². The average molecular weight is 536 g/mol.